The molecule has 1 amide bonds. The van der Waals surface area contributed by atoms with Gasteiger partial charge in [-0.15, -0.1) is 0 Å². The molecule has 0 bridgehead atoms. The molecule has 1 atom stereocenters. The third-order valence-corrected chi connectivity index (χ3v) is 3.29. The molecule has 0 saturated carbocycles. The summed E-state index contributed by atoms with van der Waals surface area (Å²) in [4.78, 5) is 13.6. The Morgan fingerprint density at radius 1 is 1.25 bits per heavy atom. The first-order valence-electron chi connectivity index (χ1n) is 6.69. The molecule has 0 radical (unpaired) electrons. The molecular weight excluding hydrogens is 254 g/mol. The van der Waals surface area contributed by atoms with Crippen LogP contribution < -0.4 is 4.74 Å². The average Bonchev–Trinajstić information content (AvgIpc) is 2.98. The number of benzene rings is 1. The van der Waals surface area contributed by atoms with Crippen LogP contribution in [0.25, 0.3) is 0 Å². The zero-order valence-electron chi connectivity index (χ0n) is 11.8. The summed E-state index contributed by atoms with van der Waals surface area (Å²) in [6.07, 6.45) is 2.95. The van der Waals surface area contributed by atoms with Crippen LogP contribution in [-0.2, 0) is 6.42 Å². The van der Waals surface area contributed by atoms with Gasteiger partial charge in [0.2, 0.25) is 0 Å². The average molecular weight is 273 g/mol. The Labute approximate surface area is 119 Å². The van der Waals surface area contributed by atoms with E-state index >= 15 is 0 Å². The van der Waals surface area contributed by atoms with Gasteiger partial charge in [-0.2, -0.15) is 0 Å². The van der Waals surface area contributed by atoms with Crippen LogP contribution in [0.15, 0.2) is 53.1 Å². The Bertz CT molecular complexity index is 522. The first-order valence-corrected chi connectivity index (χ1v) is 6.69. The lowest BCUT2D eigenvalue weighted by Gasteiger charge is -2.23. The molecule has 0 aliphatic heterocycles. The van der Waals surface area contributed by atoms with Crippen molar-refractivity contribution < 1.29 is 13.9 Å². The molecule has 1 aromatic carbocycles. The van der Waals surface area contributed by atoms with Gasteiger partial charge in [0.1, 0.15) is 11.5 Å². The van der Waals surface area contributed by atoms with Crippen LogP contribution in [0, 0.1) is 0 Å². The van der Waals surface area contributed by atoms with Gasteiger partial charge in [0.15, 0.2) is 0 Å². The molecule has 1 heterocycles. The number of hydrogen-bond acceptors (Lipinski definition) is 3. The number of amides is 1. The minimum atomic E-state index is -0.344. The van der Waals surface area contributed by atoms with Gasteiger partial charge < -0.3 is 14.1 Å². The van der Waals surface area contributed by atoms with E-state index in [4.69, 9.17) is 9.15 Å². The van der Waals surface area contributed by atoms with E-state index in [1.165, 1.54) is 0 Å². The van der Waals surface area contributed by atoms with Crippen molar-refractivity contribution in [2.24, 2.45) is 0 Å². The Kier molecular flexibility index (Phi) is 4.82. The van der Waals surface area contributed by atoms with E-state index < -0.39 is 0 Å². The number of carbonyl (C=O) groups excluding carboxylic acids is 1. The number of furan rings is 1. The molecule has 0 aliphatic carbocycles. The third kappa shape index (κ3) is 3.88. The third-order valence-electron chi connectivity index (χ3n) is 3.29. The largest absolute Gasteiger partial charge is 0.469 e. The van der Waals surface area contributed by atoms with Gasteiger partial charge in [0.05, 0.1) is 6.26 Å². The molecule has 0 aliphatic rings. The number of aryl methyl sites for hydroxylation is 1. The first kappa shape index (κ1) is 14.2. The normalized spacial score (nSPS) is 11.9. The second kappa shape index (κ2) is 6.80. The van der Waals surface area contributed by atoms with E-state index in [0.29, 0.717) is 5.75 Å². The summed E-state index contributed by atoms with van der Waals surface area (Å²) in [5, 5.41) is 0. The topological polar surface area (TPSA) is 42.7 Å². The smallest absolute Gasteiger partial charge is 0.415 e. The maximum Gasteiger partial charge on any atom is 0.415 e. The van der Waals surface area contributed by atoms with Crippen molar-refractivity contribution in [2.75, 3.05) is 7.05 Å². The summed E-state index contributed by atoms with van der Waals surface area (Å²) in [5.74, 6) is 1.49. The van der Waals surface area contributed by atoms with Crippen molar-refractivity contribution in [3.05, 3.63) is 54.5 Å². The predicted octanol–water partition coefficient (Wildman–Crippen LogP) is 3.73. The quantitative estimate of drug-likeness (QED) is 0.833. The van der Waals surface area contributed by atoms with Gasteiger partial charge in [0.25, 0.3) is 0 Å². The molecule has 0 N–H and O–H groups in total. The number of nitrogens with zero attached hydrogens (tertiary/aromatic N) is 1. The number of carbonyl (C=O) groups is 1. The molecule has 0 spiro atoms. The van der Waals surface area contributed by atoms with Gasteiger partial charge in [-0.3, -0.25) is 0 Å². The van der Waals surface area contributed by atoms with Crippen molar-refractivity contribution in [1.82, 2.24) is 4.90 Å². The Morgan fingerprint density at radius 3 is 2.65 bits per heavy atom. The first-order chi connectivity index (χ1) is 9.66. The highest BCUT2D eigenvalue weighted by molar-refractivity contribution is 5.70. The lowest BCUT2D eigenvalue weighted by Crippen LogP contribution is -2.37. The molecule has 4 nitrogen and oxygen atoms in total. The molecule has 1 aromatic heterocycles. The molecule has 4 heteroatoms. The van der Waals surface area contributed by atoms with E-state index in [-0.39, 0.29) is 12.1 Å². The van der Waals surface area contributed by atoms with Crippen LogP contribution in [0.4, 0.5) is 4.79 Å². The molecular formula is C16H19NO3. The Hall–Kier alpha value is -2.23. The highest BCUT2D eigenvalue weighted by Gasteiger charge is 2.17. The highest BCUT2D eigenvalue weighted by Crippen LogP contribution is 2.13. The molecule has 1 unspecified atom stereocenters. The summed E-state index contributed by atoms with van der Waals surface area (Å²) >= 11 is 0. The number of ether oxygens (including phenoxy) is 1. The van der Waals surface area contributed by atoms with Gasteiger partial charge in [0, 0.05) is 19.5 Å². The summed E-state index contributed by atoms with van der Waals surface area (Å²) in [6.45, 7) is 2.00. The minimum absolute atomic E-state index is 0.0799. The lowest BCUT2D eigenvalue weighted by atomic mass is 10.1. The van der Waals surface area contributed by atoms with Crippen molar-refractivity contribution >= 4 is 6.09 Å². The van der Waals surface area contributed by atoms with Crippen molar-refractivity contribution in [2.45, 2.75) is 25.8 Å². The fourth-order valence-corrected chi connectivity index (χ4v) is 1.84. The van der Waals surface area contributed by atoms with Crippen molar-refractivity contribution in [1.29, 1.82) is 0 Å². The van der Waals surface area contributed by atoms with Crippen molar-refractivity contribution in [3.63, 3.8) is 0 Å². The molecule has 106 valence electrons. The molecule has 2 rings (SSSR count). The second-order valence-electron chi connectivity index (χ2n) is 4.76. The van der Waals surface area contributed by atoms with E-state index in [9.17, 15) is 4.79 Å². The zero-order valence-corrected chi connectivity index (χ0v) is 11.8. The fourth-order valence-electron chi connectivity index (χ4n) is 1.84. The number of rotatable bonds is 5. The Balaban J connectivity index is 1.83. The maximum absolute atomic E-state index is 12.0. The van der Waals surface area contributed by atoms with Crippen molar-refractivity contribution in [3.8, 4) is 5.75 Å². The monoisotopic (exact) mass is 273 g/mol. The van der Waals surface area contributed by atoms with Gasteiger partial charge >= 0.3 is 6.09 Å². The predicted molar refractivity (Wildman–Crippen MR) is 76.7 cm³/mol. The fraction of sp³-hybridized carbons (Fsp3) is 0.312. The van der Waals surface area contributed by atoms with E-state index in [2.05, 4.69) is 0 Å². The molecule has 2 aromatic rings. The molecule has 20 heavy (non-hydrogen) atoms. The Morgan fingerprint density at radius 2 is 2.00 bits per heavy atom. The van der Waals surface area contributed by atoms with Crippen LogP contribution in [0.2, 0.25) is 0 Å². The van der Waals surface area contributed by atoms with E-state index in [0.717, 1.165) is 18.6 Å². The number of hydrogen-bond donors (Lipinski definition) is 0. The van der Waals surface area contributed by atoms with Gasteiger partial charge in [-0.05, 0) is 37.6 Å². The zero-order chi connectivity index (χ0) is 14.4. The summed E-state index contributed by atoms with van der Waals surface area (Å²) in [6, 6.07) is 13.0. The maximum atomic E-state index is 12.0. The minimum Gasteiger partial charge on any atom is -0.469 e. The summed E-state index contributed by atoms with van der Waals surface area (Å²) in [7, 11) is 1.75. The summed E-state index contributed by atoms with van der Waals surface area (Å²) in [5.41, 5.74) is 0. The lowest BCUT2D eigenvalue weighted by molar-refractivity contribution is 0.146. The molecule has 0 saturated heterocycles. The SMILES string of the molecule is CC(CCc1ccco1)N(C)C(=O)Oc1ccccc1. The van der Waals surface area contributed by atoms with Gasteiger partial charge in [-0.1, -0.05) is 18.2 Å². The van der Waals surface area contributed by atoms with E-state index in [1.807, 2.05) is 37.3 Å². The van der Waals surface area contributed by atoms with Crippen LogP contribution in [-0.4, -0.2) is 24.1 Å². The van der Waals surface area contributed by atoms with Crippen LogP contribution in [0.3, 0.4) is 0 Å². The number of para-hydroxylation sites is 1. The summed E-state index contributed by atoms with van der Waals surface area (Å²) < 4.78 is 10.6. The van der Waals surface area contributed by atoms with Gasteiger partial charge in [-0.25, -0.2) is 4.79 Å². The van der Waals surface area contributed by atoms with Crippen LogP contribution >= 0.6 is 0 Å². The van der Waals surface area contributed by atoms with Crippen LogP contribution in [0.5, 0.6) is 5.75 Å². The highest BCUT2D eigenvalue weighted by atomic mass is 16.6. The van der Waals surface area contributed by atoms with Crippen LogP contribution in [0.1, 0.15) is 19.1 Å². The van der Waals surface area contributed by atoms with E-state index in [1.54, 1.807) is 30.3 Å². The standard InChI is InChI=1S/C16H19NO3/c1-13(10-11-14-9-6-12-19-14)17(2)16(18)20-15-7-4-3-5-8-15/h3-9,12-13H,10-11H2,1-2H3. The second-order valence-corrected chi connectivity index (χ2v) is 4.76. The molecule has 0 fully saturated rings.